The van der Waals surface area contributed by atoms with Crippen molar-refractivity contribution in [2.45, 2.75) is 12.3 Å². The van der Waals surface area contributed by atoms with E-state index in [9.17, 15) is 26.4 Å². The van der Waals surface area contributed by atoms with E-state index in [2.05, 4.69) is 19.7 Å². The average molecular weight is 464 g/mol. The molecule has 2 aromatic rings. The Labute approximate surface area is 175 Å². The number of aliphatic hydroxyl groups is 2. The molecule has 2 rings (SSSR count). The third-order valence-corrected chi connectivity index (χ3v) is 4.62. The number of aliphatic hydroxyl groups excluding tert-OH is 2. The van der Waals surface area contributed by atoms with E-state index >= 15 is 0 Å². The van der Waals surface area contributed by atoms with E-state index in [1.807, 2.05) is 0 Å². The third kappa shape index (κ3) is 8.01. The largest absolute Gasteiger partial charge is 0.474 e. The van der Waals surface area contributed by atoms with Crippen molar-refractivity contribution in [1.29, 1.82) is 0 Å². The minimum atomic E-state index is -4.83. The van der Waals surface area contributed by atoms with Crippen LogP contribution in [-0.4, -0.2) is 61.6 Å². The summed E-state index contributed by atoms with van der Waals surface area (Å²) >= 11 is 0. The summed E-state index contributed by atoms with van der Waals surface area (Å²) in [7, 11) is -3.88. The second-order valence-corrected chi connectivity index (χ2v) is 7.48. The Morgan fingerprint density at radius 3 is 2.45 bits per heavy atom. The fraction of sp³-hybridized carbons (Fsp3) is 0.294. The molecule has 5 N–H and O–H groups in total. The summed E-state index contributed by atoms with van der Waals surface area (Å²) in [5.74, 6) is -0.865. The van der Waals surface area contributed by atoms with Crippen LogP contribution in [-0.2, 0) is 10.2 Å². The van der Waals surface area contributed by atoms with Crippen LogP contribution in [0.4, 0.5) is 24.7 Å². The minimum absolute atomic E-state index is 0.0121. The van der Waals surface area contributed by atoms with Crippen molar-refractivity contribution in [3.05, 3.63) is 48.0 Å². The molecule has 1 aromatic heterocycles. The van der Waals surface area contributed by atoms with Crippen LogP contribution < -0.4 is 19.5 Å². The van der Waals surface area contributed by atoms with Gasteiger partial charge in [-0.15, -0.1) is 0 Å². The molecule has 1 aromatic carbocycles. The summed E-state index contributed by atoms with van der Waals surface area (Å²) in [6.45, 7) is -1.59. The maximum atomic E-state index is 12.3. The number of halogens is 3. The van der Waals surface area contributed by atoms with Crippen LogP contribution in [0.15, 0.2) is 42.5 Å². The molecule has 0 radical (unpaired) electrons. The zero-order valence-electron chi connectivity index (χ0n) is 15.8. The summed E-state index contributed by atoms with van der Waals surface area (Å²) in [5.41, 5.74) is 0.311. The lowest BCUT2D eigenvalue weighted by Crippen LogP contribution is -2.34. The third-order valence-electron chi connectivity index (χ3n) is 3.54. The molecule has 0 aliphatic heterocycles. The average Bonchev–Trinajstić information content (AvgIpc) is 2.70. The number of ether oxygens (including phenoxy) is 1. The highest BCUT2D eigenvalue weighted by atomic mass is 32.2. The molecule has 0 saturated heterocycles. The Morgan fingerprint density at radius 1 is 1.16 bits per heavy atom. The number of aromatic nitrogens is 1. The molecule has 0 aliphatic rings. The number of amides is 1. The van der Waals surface area contributed by atoms with Crippen LogP contribution in [0.5, 0.6) is 5.88 Å². The quantitative estimate of drug-likeness (QED) is 0.350. The van der Waals surface area contributed by atoms with Gasteiger partial charge in [0.1, 0.15) is 12.4 Å². The first-order chi connectivity index (χ1) is 14.5. The highest BCUT2D eigenvalue weighted by Gasteiger charge is 2.38. The molecule has 0 bridgehead atoms. The van der Waals surface area contributed by atoms with Gasteiger partial charge in [-0.25, -0.2) is 0 Å². The first-order valence-electron chi connectivity index (χ1n) is 8.64. The van der Waals surface area contributed by atoms with Crippen LogP contribution in [0, 0.1) is 0 Å². The standard InChI is InChI=1S/C17H19F3N4O6S/c18-17(19,20)13(26)10-30-15-3-1-2-14(22-15)23-16(27)11-4-6-12(7-5-11)24-31(28,29)21-8-9-25/h1-7,13,21,24-26H,8-10H2,(H,22,23,27). The smallest absolute Gasteiger partial charge is 0.417 e. The van der Waals surface area contributed by atoms with Crippen LogP contribution in [0.25, 0.3) is 0 Å². The maximum Gasteiger partial charge on any atom is 0.417 e. The predicted molar refractivity (Wildman–Crippen MR) is 104 cm³/mol. The molecule has 14 heteroatoms. The lowest BCUT2D eigenvalue weighted by molar-refractivity contribution is -0.210. The van der Waals surface area contributed by atoms with Crippen molar-refractivity contribution >= 4 is 27.6 Å². The highest BCUT2D eigenvalue weighted by Crippen LogP contribution is 2.21. The SMILES string of the molecule is O=C(Nc1cccc(OCC(O)C(F)(F)F)n1)c1ccc(NS(=O)(=O)NCCO)cc1. The number of anilines is 2. The van der Waals surface area contributed by atoms with Gasteiger partial charge in [-0.3, -0.25) is 9.52 Å². The normalized spacial score (nSPS) is 12.8. The highest BCUT2D eigenvalue weighted by molar-refractivity contribution is 7.90. The second-order valence-electron chi connectivity index (χ2n) is 5.98. The number of nitrogens with one attached hydrogen (secondary N) is 3. The van der Waals surface area contributed by atoms with Gasteiger partial charge in [-0.1, -0.05) is 6.07 Å². The van der Waals surface area contributed by atoms with Gasteiger partial charge in [-0.2, -0.15) is 31.3 Å². The number of alkyl halides is 3. The van der Waals surface area contributed by atoms with E-state index in [0.717, 1.165) is 0 Å². The summed E-state index contributed by atoms with van der Waals surface area (Å²) in [6, 6.07) is 9.34. The van der Waals surface area contributed by atoms with Crippen LogP contribution in [0.1, 0.15) is 10.4 Å². The number of hydrogen-bond donors (Lipinski definition) is 5. The topological polar surface area (TPSA) is 150 Å². The van der Waals surface area contributed by atoms with E-state index in [4.69, 9.17) is 14.9 Å². The van der Waals surface area contributed by atoms with Gasteiger partial charge in [0.15, 0.2) is 6.10 Å². The zero-order chi connectivity index (χ0) is 23.1. The van der Waals surface area contributed by atoms with Crippen molar-refractivity contribution in [2.75, 3.05) is 29.8 Å². The van der Waals surface area contributed by atoms with E-state index < -0.39 is 35.0 Å². The minimum Gasteiger partial charge on any atom is -0.474 e. The zero-order valence-corrected chi connectivity index (χ0v) is 16.6. The van der Waals surface area contributed by atoms with Crippen molar-refractivity contribution in [3.63, 3.8) is 0 Å². The summed E-state index contributed by atoms with van der Waals surface area (Å²) in [5, 5.41) is 20.0. The molecule has 1 atom stereocenters. The second kappa shape index (κ2) is 10.4. The maximum absolute atomic E-state index is 12.3. The molecular weight excluding hydrogens is 445 g/mol. The molecule has 31 heavy (non-hydrogen) atoms. The van der Waals surface area contributed by atoms with E-state index in [1.54, 1.807) is 0 Å². The van der Waals surface area contributed by atoms with Crippen molar-refractivity contribution in [1.82, 2.24) is 9.71 Å². The molecule has 1 unspecified atom stereocenters. The van der Waals surface area contributed by atoms with Gasteiger partial charge in [0.25, 0.3) is 16.1 Å². The molecule has 10 nitrogen and oxygen atoms in total. The lowest BCUT2D eigenvalue weighted by atomic mass is 10.2. The van der Waals surface area contributed by atoms with Crippen molar-refractivity contribution < 1.29 is 41.3 Å². The Morgan fingerprint density at radius 2 is 1.84 bits per heavy atom. The molecule has 1 heterocycles. The van der Waals surface area contributed by atoms with Crippen molar-refractivity contribution in [3.8, 4) is 5.88 Å². The Hall–Kier alpha value is -2.94. The van der Waals surface area contributed by atoms with E-state index in [0.29, 0.717) is 0 Å². The van der Waals surface area contributed by atoms with Gasteiger partial charge in [0.05, 0.1) is 6.61 Å². The first kappa shape index (κ1) is 24.3. The number of hydrogen-bond acceptors (Lipinski definition) is 7. The molecule has 0 spiro atoms. The van der Waals surface area contributed by atoms with E-state index in [1.165, 1.54) is 42.5 Å². The number of benzene rings is 1. The van der Waals surface area contributed by atoms with Gasteiger partial charge < -0.3 is 20.3 Å². The van der Waals surface area contributed by atoms with E-state index in [-0.39, 0.29) is 36.1 Å². The van der Waals surface area contributed by atoms with Gasteiger partial charge in [0, 0.05) is 23.9 Å². The van der Waals surface area contributed by atoms with Gasteiger partial charge in [-0.05, 0) is 30.3 Å². The molecule has 1 amide bonds. The Kier molecular flexibility index (Phi) is 8.15. The van der Waals surface area contributed by atoms with Crippen LogP contribution in [0.3, 0.4) is 0 Å². The van der Waals surface area contributed by atoms with Crippen molar-refractivity contribution in [2.24, 2.45) is 0 Å². The van der Waals surface area contributed by atoms with Crippen LogP contribution >= 0.6 is 0 Å². The summed E-state index contributed by atoms with van der Waals surface area (Å²) in [6.07, 6.45) is -7.51. The first-order valence-corrected chi connectivity index (χ1v) is 10.1. The Balaban J connectivity index is 1.97. The summed E-state index contributed by atoms with van der Waals surface area (Å²) < 4.78 is 69.4. The molecular formula is C17H19F3N4O6S. The fourth-order valence-corrected chi connectivity index (χ4v) is 2.95. The number of pyridine rings is 1. The molecule has 0 aliphatic carbocycles. The fourth-order valence-electron chi connectivity index (χ4n) is 2.07. The lowest BCUT2D eigenvalue weighted by Gasteiger charge is -2.15. The summed E-state index contributed by atoms with van der Waals surface area (Å²) in [4.78, 5) is 16.1. The Bertz CT molecular complexity index is 986. The number of carbonyl (C=O) groups is 1. The van der Waals surface area contributed by atoms with Crippen LogP contribution in [0.2, 0.25) is 0 Å². The molecule has 0 fully saturated rings. The van der Waals surface area contributed by atoms with Gasteiger partial charge in [0.2, 0.25) is 5.88 Å². The number of carbonyl (C=O) groups excluding carboxylic acids is 1. The number of rotatable bonds is 10. The monoisotopic (exact) mass is 464 g/mol. The van der Waals surface area contributed by atoms with Gasteiger partial charge >= 0.3 is 6.18 Å². The molecule has 170 valence electrons. The predicted octanol–water partition coefficient (Wildman–Crippen LogP) is 0.874. The number of nitrogens with zero attached hydrogens (tertiary/aromatic N) is 1. The molecule has 0 saturated carbocycles.